The van der Waals surface area contributed by atoms with E-state index < -0.39 is 5.82 Å². The SMILES string of the molecule is CCC(=O)COc1ncccc1Oc1cc(N)c(F)cc1Cl. The number of rotatable bonds is 6. The molecule has 1 aromatic heterocycles. The van der Waals surface area contributed by atoms with Crippen molar-refractivity contribution in [1.29, 1.82) is 0 Å². The van der Waals surface area contributed by atoms with Crippen molar-refractivity contribution < 1.29 is 18.7 Å². The van der Waals surface area contributed by atoms with E-state index in [2.05, 4.69) is 4.98 Å². The molecule has 0 aliphatic rings. The fourth-order valence-electron chi connectivity index (χ4n) is 1.55. The largest absolute Gasteiger partial charge is 0.467 e. The first-order valence-electron chi connectivity index (χ1n) is 6.53. The van der Waals surface area contributed by atoms with Gasteiger partial charge in [-0.2, -0.15) is 0 Å². The van der Waals surface area contributed by atoms with E-state index in [1.54, 1.807) is 19.1 Å². The first-order valence-corrected chi connectivity index (χ1v) is 6.91. The lowest BCUT2D eigenvalue weighted by Gasteiger charge is -2.12. The molecule has 1 heterocycles. The fourth-order valence-corrected chi connectivity index (χ4v) is 1.74. The van der Waals surface area contributed by atoms with Crippen LogP contribution in [0.4, 0.5) is 10.1 Å². The van der Waals surface area contributed by atoms with Gasteiger partial charge >= 0.3 is 0 Å². The van der Waals surface area contributed by atoms with Crippen LogP contribution in [-0.2, 0) is 4.79 Å². The van der Waals surface area contributed by atoms with Gasteiger partial charge in [0.05, 0.1) is 10.7 Å². The molecule has 0 fully saturated rings. The maximum Gasteiger partial charge on any atom is 0.258 e. The maximum absolute atomic E-state index is 13.3. The summed E-state index contributed by atoms with van der Waals surface area (Å²) in [5.41, 5.74) is 5.40. The Morgan fingerprint density at radius 1 is 1.41 bits per heavy atom. The molecule has 0 bridgehead atoms. The molecule has 2 N–H and O–H groups in total. The van der Waals surface area contributed by atoms with Gasteiger partial charge in [-0.1, -0.05) is 18.5 Å². The van der Waals surface area contributed by atoms with Gasteiger partial charge in [0.1, 0.15) is 18.2 Å². The minimum Gasteiger partial charge on any atom is -0.467 e. The van der Waals surface area contributed by atoms with Crippen molar-refractivity contribution in [2.45, 2.75) is 13.3 Å². The third-order valence-electron chi connectivity index (χ3n) is 2.77. The third kappa shape index (κ3) is 3.85. The number of nitrogens with zero attached hydrogens (tertiary/aromatic N) is 1. The summed E-state index contributed by atoms with van der Waals surface area (Å²) in [5, 5.41) is 0.0612. The maximum atomic E-state index is 13.3. The van der Waals surface area contributed by atoms with E-state index in [1.165, 1.54) is 12.3 Å². The molecule has 0 spiro atoms. The second-order valence-electron chi connectivity index (χ2n) is 4.39. The summed E-state index contributed by atoms with van der Waals surface area (Å²) in [4.78, 5) is 15.3. The Morgan fingerprint density at radius 3 is 2.91 bits per heavy atom. The van der Waals surface area contributed by atoms with Crippen LogP contribution in [0.3, 0.4) is 0 Å². The fraction of sp³-hybridized carbons (Fsp3) is 0.200. The van der Waals surface area contributed by atoms with Crippen molar-refractivity contribution in [3.63, 3.8) is 0 Å². The zero-order valence-electron chi connectivity index (χ0n) is 11.8. The number of nitrogens with two attached hydrogens (primary N) is 1. The lowest BCUT2D eigenvalue weighted by molar-refractivity contribution is -0.120. The number of ether oxygens (including phenoxy) is 2. The second-order valence-corrected chi connectivity index (χ2v) is 4.80. The minimum atomic E-state index is -0.631. The van der Waals surface area contributed by atoms with Gasteiger partial charge in [-0.3, -0.25) is 4.79 Å². The second kappa shape index (κ2) is 7.09. The summed E-state index contributed by atoms with van der Waals surface area (Å²) in [6, 6.07) is 5.55. The molecule has 0 amide bonds. The first-order chi connectivity index (χ1) is 10.5. The van der Waals surface area contributed by atoms with Crippen LogP contribution in [0.15, 0.2) is 30.5 Å². The van der Waals surface area contributed by atoms with E-state index in [-0.39, 0.29) is 40.5 Å². The molecule has 116 valence electrons. The molecule has 22 heavy (non-hydrogen) atoms. The summed E-state index contributed by atoms with van der Waals surface area (Å²) in [6.45, 7) is 1.63. The number of nitrogen functional groups attached to an aromatic ring is 1. The van der Waals surface area contributed by atoms with Crippen molar-refractivity contribution in [3.05, 3.63) is 41.3 Å². The van der Waals surface area contributed by atoms with E-state index in [9.17, 15) is 9.18 Å². The zero-order valence-corrected chi connectivity index (χ0v) is 12.6. The predicted octanol–water partition coefficient (Wildman–Crippen LogP) is 3.61. The number of pyridine rings is 1. The molecule has 0 aliphatic carbocycles. The molecular formula is C15H14ClFN2O3. The molecule has 2 rings (SSSR count). The minimum absolute atomic E-state index is 0.0612. The van der Waals surface area contributed by atoms with Crippen LogP contribution in [-0.4, -0.2) is 17.4 Å². The van der Waals surface area contributed by atoms with E-state index >= 15 is 0 Å². The average Bonchev–Trinajstić information content (AvgIpc) is 2.51. The molecule has 1 aromatic carbocycles. The number of Topliss-reactive ketones (excluding diaryl/α,β-unsaturated/α-hetero) is 1. The number of ketones is 1. The highest BCUT2D eigenvalue weighted by Gasteiger charge is 2.13. The number of hydrogen-bond donors (Lipinski definition) is 1. The van der Waals surface area contributed by atoms with Gasteiger partial charge in [0.25, 0.3) is 5.88 Å². The highest BCUT2D eigenvalue weighted by molar-refractivity contribution is 6.32. The van der Waals surface area contributed by atoms with Crippen LogP contribution in [0.1, 0.15) is 13.3 Å². The number of hydrogen-bond acceptors (Lipinski definition) is 5. The first kappa shape index (κ1) is 16.0. The van der Waals surface area contributed by atoms with Crippen LogP contribution < -0.4 is 15.2 Å². The van der Waals surface area contributed by atoms with Crippen LogP contribution in [0.2, 0.25) is 5.02 Å². The van der Waals surface area contributed by atoms with Crippen molar-refractivity contribution in [1.82, 2.24) is 4.98 Å². The van der Waals surface area contributed by atoms with E-state index in [0.717, 1.165) is 6.07 Å². The molecule has 0 aliphatic heterocycles. The summed E-state index contributed by atoms with van der Waals surface area (Å²) in [6.07, 6.45) is 1.86. The zero-order chi connectivity index (χ0) is 16.1. The summed E-state index contributed by atoms with van der Waals surface area (Å²) in [5.74, 6) is -0.142. The third-order valence-corrected chi connectivity index (χ3v) is 3.07. The van der Waals surface area contributed by atoms with E-state index in [0.29, 0.717) is 6.42 Å². The van der Waals surface area contributed by atoms with E-state index in [4.69, 9.17) is 26.8 Å². The smallest absolute Gasteiger partial charge is 0.258 e. The van der Waals surface area contributed by atoms with Gasteiger partial charge in [0.15, 0.2) is 11.5 Å². The van der Waals surface area contributed by atoms with Crippen molar-refractivity contribution in [2.24, 2.45) is 0 Å². The highest BCUT2D eigenvalue weighted by Crippen LogP contribution is 2.35. The van der Waals surface area contributed by atoms with Crippen molar-refractivity contribution in [2.75, 3.05) is 12.3 Å². The van der Waals surface area contributed by atoms with Gasteiger partial charge in [-0.05, 0) is 18.2 Å². The summed E-state index contributed by atoms with van der Waals surface area (Å²) in [7, 11) is 0. The highest BCUT2D eigenvalue weighted by atomic mass is 35.5. The Bertz CT molecular complexity index is 694. The number of halogens is 2. The molecule has 0 radical (unpaired) electrons. The van der Waals surface area contributed by atoms with Gasteiger partial charge in [-0.25, -0.2) is 9.37 Å². The van der Waals surface area contributed by atoms with Gasteiger partial charge in [0.2, 0.25) is 0 Å². The molecule has 7 heteroatoms. The Balaban J connectivity index is 2.23. The summed E-state index contributed by atoms with van der Waals surface area (Å²) >= 11 is 5.92. The quantitative estimate of drug-likeness (QED) is 0.822. The van der Waals surface area contributed by atoms with Crippen LogP contribution >= 0.6 is 11.6 Å². The van der Waals surface area contributed by atoms with Crippen LogP contribution in [0, 0.1) is 5.82 Å². The Kier molecular flexibility index (Phi) is 5.16. The normalized spacial score (nSPS) is 10.3. The monoisotopic (exact) mass is 324 g/mol. The lowest BCUT2D eigenvalue weighted by Crippen LogP contribution is -2.10. The lowest BCUT2D eigenvalue weighted by atomic mass is 10.3. The molecular weight excluding hydrogens is 311 g/mol. The number of benzene rings is 1. The molecule has 2 aromatic rings. The number of carbonyl (C=O) groups excluding carboxylic acids is 1. The van der Waals surface area contributed by atoms with Gasteiger partial charge < -0.3 is 15.2 Å². The molecule has 0 saturated carbocycles. The molecule has 5 nitrogen and oxygen atoms in total. The van der Waals surface area contributed by atoms with Crippen LogP contribution in [0.25, 0.3) is 0 Å². The molecule has 0 unspecified atom stereocenters. The summed E-state index contributed by atoms with van der Waals surface area (Å²) < 4.78 is 24.2. The Hall–Kier alpha value is -2.34. The Labute approximate surface area is 131 Å². The number of aromatic nitrogens is 1. The van der Waals surface area contributed by atoms with Gasteiger partial charge in [0, 0.05) is 18.7 Å². The number of anilines is 1. The topological polar surface area (TPSA) is 74.4 Å². The average molecular weight is 325 g/mol. The molecule has 0 atom stereocenters. The van der Waals surface area contributed by atoms with E-state index in [1.807, 2.05) is 0 Å². The predicted molar refractivity (Wildman–Crippen MR) is 80.9 cm³/mol. The standard InChI is InChI=1S/C15H14ClFN2O3/c1-2-9(20)8-21-15-13(4-3-5-19-15)22-14-7-12(18)11(17)6-10(14)16/h3-7H,2,8,18H2,1H3. The van der Waals surface area contributed by atoms with Crippen molar-refractivity contribution in [3.8, 4) is 17.4 Å². The van der Waals surface area contributed by atoms with Crippen LogP contribution in [0.5, 0.6) is 17.4 Å². The number of carbonyl (C=O) groups is 1. The molecule has 0 saturated heterocycles. The Morgan fingerprint density at radius 2 is 2.18 bits per heavy atom. The van der Waals surface area contributed by atoms with Gasteiger partial charge in [-0.15, -0.1) is 0 Å². The van der Waals surface area contributed by atoms with Crippen molar-refractivity contribution >= 4 is 23.1 Å².